The molecule has 1 aliphatic rings. The SMILES string of the molecule is NCCn1c([C@H]2CC=Cc3ccoc32)cc(=O)[nH]c1=S. The fourth-order valence-corrected chi connectivity index (χ4v) is 2.93. The summed E-state index contributed by atoms with van der Waals surface area (Å²) in [5, 5.41) is 0. The van der Waals surface area contributed by atoms with Crippen molar-refractivity contribution in [2.24, 2.45) is 5.73 Å². The van der Waals surface area contributed by atoms with E-state index in [2.05, 4.69) is 11.1 Å². The van der Waals surface area contributed by atoms with Gasteiger partial charge in [-0.2, -0.15) is 0 Å². The number of aromatic nitrogens is 2. The van der Waals surface area contributed by atoms with Crippen molar-refractivity contribution >= 4 is 18.3 Å². The first kappa shape index (κ1) is 13.1. The summed E-state index contributed by atoms with van der Waals surface area (Å²) in [5.41, 5.74) is 7.35. The Balaban J connectivity index is 2.18. The summed E-state index contributed by atoms with van der Waals surface area (Å²) < 4.78 is 7.88. The maximum Gasteiger partial charge on any atom is 0.251 e. The van der Waals surface area contributed by atoms with E-state index in [-0.39, 0.29) is 11.5 Å². The van der Waals surface area contributed by atoms with Gasteiger partial charge in [-0.1, -0.05) is 12.2 Å². The molecule has 104 valence electrons. The Bertz CT molecular complexity index is 769. The molecule has 0 aromatic carbocycles. The summed E-state index contributed by atoms with van der Waals surface area (Å²) in [6, 6.07) is 3.51. The van der Waals surface area contributed by atoms with Crippen LogP contribution < -0.4 is 11.3 Å². The molecule has 2 heterocycles. The minimum Gasteiger partial charge on any atom is -0.468 e. The number of furan rings is 1. The minimum absolute atomic E-state index is 0.000509. The lowest BCUT2D eigenvalue weighted by Gasteiger charge is -2.22. The number of nitrogens with one attached hydrogen (secondary N) is 1. The zero-order valence-corrected chi connectivity index (χ0v) is 11.7. The van der Waals surface area contributed by atoms with Crippen molar-refractivity contribution in [3.63, 3.8) is 0 Å². The number of fused-ring (bicyclic) bond motifs is 1. The first-order chi connectivity index (χ1) is 9.70. The van der Waals surface area contributed by atoms with Crippen molar-refractivity contribution in [1.82, 2.24) is 9.55 Å². The Kier molecular flexibility index (Phi) is 3.42. The van der Waals surface area contributed by atoms with Crippen LogP contribution in [0.25, 0.3) is 6.08 Å². The van der Waals surface area contributed by atoms with Gasteiger partial charge in [0.2, 0.25) is 0 Å². The van der Waals surface area contributed by atoms with Crippen molar-refractivity contribution in [2.75, 3.05) is 6.54 Å². The fourth-order valence-electron chi connectivity index (χ4n) is 2.63. The molecule has 0 unspecified atom stereocenters. The predicted molar refractivity (Wildman–Crippen MR) is 79.1 cm³/mol. The van der Waals surface area contributed by atoms with E-state index in [1.807, 2.05) is 16.7 Å². The number of nitrogens with two attached hydrogens (primary N) is 1. The third kappa shape index (κ3) is 2.17. The van der Waals surface area contributed by atoms with Crippen molar-refractivity contribution < 1.29 is 4.42 Å². The van der Waals surface area contributed by atoms with E-state index in [9.17, 15) is 4.79 Å². The van der Waals surface area contributed by atoms with Crippen LogP contribution >= 0.6 is 12.2 Å². The Morgan fingerprint density at radius 3 is 3.20 bits per heavy atom. The molecule has 5 nitrogen and oxygen atoms in total. The van der Waals surface area contributed by atoms with E-state index in [0.717, 1.165) is 23.4 Å². The highest BCUT2D eigenvalue weighted by atomic mass is 32.1. The van der Waals surface area contributed by atoms with Gasteiger partial charge in [-0.25, -0.2) is 0 Å². The van der Waals surface area contributed by atoms with Gasteiger partial charge in [0.1, 0.15) is 5.76 Å². The first-order valence-corrected chi connectivity index (χ1v) is 6.89. The van der Waals surface area contributed by atoms with Crippen molar-refractivity contribution in [2.45, 2.75) is 18.9 Å². The molecule has 1 atom stereocenters. The largest absolute Gasteiger partial charge is 0.468 e. The standard InChI is InChI=1S/C14H15N3O2S/c15-5-6-17-11(8-12(18)16-14(17)20)10-3-1-2-9-4-7-19-13(9)10/h1-2,4,7-8,10H,3,5-6,15H2,(H,16,18,20)/t10-/m1/s1. The highest BCUT2D eigenvalue weighted by Gasteiger charge is 2.24. The van der Waals surface area contributed by atoms with Crippen LogP contribution in [0.2, 0.25) is 0 Å². The van der Waals surface area contributed by atoms with E-state index in [0.29, 0.717) is 17.9 Å². The van der Waals surface area contributed by atoms with Gasteiger partial charge < -0.3 is 14.7 Å². The van der Waals surface area contributed by atoms with Gasteiger partial charge in [0.15, 0.2) is 4.77 Å². The second-order valence-corrected chi connectivity index (χ2v) is 5.12. The average Bonchev–Trinajstić information content (AvgIpc) is 2.90. The molecule has 0 radical (unpaired) electrons. The third-order valence-corrected chi connectivity index (χ3v) is 3.81. The zero-order chi connectivity index (χ0) is 14.1. The number of hydrogen-bond acceptors (Lipinski definition) is 4. The van der Waals surface area contributed by atoms with Gasteiger partial charge in [0.25, 0.3) is 5.56 Å². The molecule has 0 amide bonds. The number of aromatic amines is 1. The molecule has 6 heteroatoms. The monoisotopic (exact) mass is 289 g/mol. The summed E-state index contributed by atoms with van der Waals surface area (Å²) in [5.74, 6) is 0.874. The summed E-state index contributed by atoms with van der Waals surface area (Å²) >= 11 is 5.24. The lowest BCUT2D eigenvalue weighted by Crippen LogP contribution is -2.23. The number of allylic oxidation sites excluding steroid dienone is 1. The van der Waals surface area contributed by atoms with Crippen LogP contribution in [-0.4, -0.2) is 16.1 Å². The molecule has 0 fully saturated rings. The van der Waals surface area contributed by atoms with Crippen LogP contribution in [0.15, 0.2) is 33.7 Å². The van der Waals surface area contributed by atoms with Crippen LogP contribution in [-0.2, 0) is 6.54 Å². The second kappa shape index (κ2) is 5.22. The Hall–Kier alpha value is -1.92. The van der Waals surface area contributed by atoms with Gasteiger partial charge in [0.05, 0.1) is 12.2 Å². The third-order valence-electron chi connectivity index (χ3n) is 3.49. The summed E-state index contributed by atoms with van der Waals surface area (Å²) in [7, 11) is 0. The number of rotatable bonds is 3. The Labute approximate surface area is 120 Å². The van der Waals surface area contributed by atoms with Gasteiger partial charge in [-0.15, -0.1) is 0 Å². The van der Waals surface area contributed by atoms with E-state index in [1.54, 1.807) is 12.3 Å². The number of hydrogen-bond donors (Lipinski definition) is 2. The molecule has 1 aliphatic carbocycles. The van der Waals surface area contributed by atoms with Crippen molar-refractivity contribution in [1.29, 1.82) is 0 Å². The molecule has 0 saturated carbocycles. The van der Waals surface area contributed by atoms with Gasteiger partial charge in [-0.3, -0.25) is 9.78 Å². The summed E-state index contributed by atoms with van der Waals surface area (Å²) in [6.07, 6.45) is 6.57. The normalized spacial score (nSPS) is 17.1. The Morgan fingerprint density at radius 2 is 2.40 bits per heavy atom. The molecule has 2 aromatic heterocycles. The maximum atomic E-state index is 11.7. The van der Waals surface area contributed by atoms with Gasteiger partial charge in [0, 0.05) is 30.4 Å². The lowest BCUT2D eigenvalue weighted by molar-refractivity contribution is 0.467. The van der Waals surface area contributed by atoms with Crippen molar-refractivity contribution in [3.05, 3.63) is 56.6 Å². The van der Waals surface area contributed by atoms with Gasteiger partial charge in [-0.05, 0) is 24.7 Å². The van der Waals surface area contributed by atoms with E-state index in [1.165, 1.54) is 0 Å². The minimum atomic E-state index is -0.194. The second-order valence-electron chi connectivity index (χ2n) is 4.73. The maximum absolute atomic E-state index is 11.7. The molecule has 2 aromatic rings. The van der Waals surface area contributed by atoms with E-state index >= 15 is 0 Å². The van der Waals surface area contributed by atoms with Crippen LogP contribution in [0.1, 0.15) is 29.4 Å². The van der Waals surface area contributed by atoms with E-state index in [4.69, 9.17) is 22.4 Å². The molecular weight excluding hydrogens is 274 g/mol. The molecule has 3 N–H and O–H groups in total. The molecule has 0 saturated heterocycles. The smallest absolute Gasteiger partial charge is 0.251 e. The number of nitrogens with zero attached hydrogens (tertiary/aromatic N) is 1. The van der Waals surface area contributed by atoms with E-state index < -0.39 is 0 Å². The molecule has 20 heavy (non-hydrogen) atoms. The van der Waals surface area contributed by atoms with Crippen LogP contribution in [0.5, 0.6) is 0 Å². The molecule has 0 bridgehead atoms. The molecular formula is C14H15N3O2S. The quantitative estimate of drug-likeness (QED) is 0.847. The zero-order valence-electron chi connectivity index (χ0n) is 10.8. The van der Waals surface area contributed by atoms with Gasteiger partial charge >= 0.3 is 0 Å². The number of H-pyrrole nitrogens is 1. The summed E-state index contributed by atoms with van der Waals surface area (Å²) in [4.78, 5) is 14.4. The highest BCUT2D eigenvalue weighted by Crippen LogP contribution is 2.35. The molecule has 0 spiro atoms. The fraction of sp³-hybridized carbons (Fsp3) is 0.286. The van der Waals surface area contributed by atoms with Crippen LogP contribution in [0, 0.1) is 4.77 Å². The first-order valence-electron chi connectivity index (χ1n) is 6.48. The van der Waals surface area contributed by atoms with Crippen LogP contribution in [0.4, 0.5) is 0 Å². The summed E-state index contributed by atoms with van der Waals surface area (Å²) in [6.45, 7) is 1.03. The topological polar surface area (TPSA) is 77.0 Å². The average molecular weight is 289 g/mol. The Morgan fingerprint density at radius 1 is 1.55 bits per heavy atom. The van der Waals surface area contributed by atoms with Crippen molar-refractivity contribution in [3.8, 4) is 0 Å². The lowest BCUT2D eigenvalue weighted by atomic mass is 9.90. The molecule has 3 rings (SSSR count). The predicted octanol–water partition coefficient (Wildman–Crippen LogP) is 2.01. The van der Waals surface area contributed by atoms with Crippen LogP contribution in [0.3, 0.4) is 0 Å². The molecule has 0 aliphatic heterocycles. The highest BCUT2D eigenvalue weighted by molar-refractivity contribution is 7.71.